The summed E-state index contributed by atoms with van der Waals surface area (Å²) < 4.78 is 6.58. The summed E-state index contributed by atoms with van der Waals surface area (Å²) in [5, 5.41) is 0. The molecule has 0 radical (unpaired) electrons. The van der Waals surface area contributed by atoms with Crippen molar-refractivity contribution in [2.75, 3.05) is 0 Å². The molecule has 4 rings (SSSR count). The zero-order chi connectivity index (χ0) is 20.9. The molecule has 0 amide bonds. The highest BCUT2D eigenvalue weighted by atomic mass is 16.5. The normalized spacial score (nSPS) is 38.9. The Balaban J connectivity index is 1.68. The van der Waals surface area contributed by atoms with Crippen molar-refractivity contribution in [1.29, 1.82) is 0 Å². The number of hydrogen-bond acceptors (Lipinski definition) is 1. The maximum atomic E-state index is 6.58. The highest BCUT2D eigenvalue weighted by molar-refractivity contribution is 5.38. The van der Waals surface area contributed by atoms with Crippen LogP contribution in [0.3, 0.4) is 0 Å². The monoisotopic (exact) mass is 392 g/mol. The van der Waals surface area contributed by atoms with Crippen LogP contribution in [0.5, 0.6) is 0 Å². The first-order valence-corrected chi connectivity index (χ1v) is 11.7. The molecule has 2 saturated carbocycles. The van der Waals surface area contributed by atoms with Crippen LogP contribution in [0.2, 0.25) is 0 Å². The summed E-state index contributed by atoms with van der Waals surface area (Å²) >= 11 is 0. The molecule has 0 aliphatic heterocycles. The second-order valence-electron chi connectivity index (χ2n) is 11.2. The van der Waals surface area contributed by atoms with E-state index in [0.29, 0.717) is 23.4 Å². The molecule has 158 valence electrons. The Hall–Kier alpha value is -1.34. The van der Waals surface area contributed by atoms with Gasteiger partial charge in [-0.05, 0) is 83.8 Å². The van der Waals surface area contributed by atoms with Gasteiger partial charge in [0.1, 0.15) is 0 Å². The first kappa shape index (κ1) is 20.9. The molecule has 1 heteroatoms. The van der Waals surface area contributed by atoms with Crippen LogP contribution in [0, 0.1) is 28.1 Å². The number of allylic oxidation sites excluding steroid dienone is 2. The minimum absolute atomic E-state index is 0.210. The van der Waals surface area contributed by atoms with Gasteiger partial charge >= 0.3 is 0 Å². The molecule has 0 N–H and O–H groups in total. The van der Waals surface area contributed by atoms with Crippen molar-refractivity contribution in [2.45, 2.75) is 85.9 Å². The van der Waals surface area contributed by atoms with Crippen molar-refractivity contribution in [3.8, 4) is 0 Å². The van der Waals surface area contributed by atoms with Gasteiger partial charge in [-0.3, -0.25) is 0 Å². The van der Waals surface area contributed by atoms with E-state index in [1.165, 1.54) is 48.8 Å². The fraction of sp³-hybridized carbons (Fsp3) is 0.643. The van der Waals surface area contributed by atoms with Gasteiger partial charge in [0.25, 0.3) is 0 Å². The molecular formula is C28H40O. The molecule has 3 aliphatic rings. The lowest BCUT2D eigenvalue weighted by molar-refractivity contribution is -0.137. The lowest BCUT2D eigenvalue weighted by Gasteiger charge is -2.65. The number of benzene rings is 1. The molecule has 0 bridgehead atoms. The quantitative estimate of drug-likeness (QED) is 0.509. The summed E-state index contributed by atoms with van der Waals surface area (Å²) in [6.45, 7) is 17.5. The zero-order valence-corrected chi connectivity index (χ0v) is 19.3. The van der Waals surface area contributed by atoms with E-state index in [4.69, 9.17) is 4.74 Å². The Morgan fingerprint density at radius 3 is 2.45 bits per heavy atom. The second kappa shape index (κ2) is 7.41. The number of ether oxygens (including phenoxy) is 1. The van der Waals surface area contributed by atoms with Gasteiger partial charge in [0, 0.05) is 0 Å². The van der Waals surface area contributed by atoms with Crippen LogP contribution in [0.25, 0.3) is 0 Å². The fourth-order valence-electron chi connectivity index (χ4n) is 7.87. The summed E-state index contributed by atoms with van der Waals surface area (Å²) in [4.78, 5) is 0. The molecule has 1 aromatic rings. The highest BCUT2D eigenvalue weighted by Gasteiger charge is 2.60. The van der Waals surface area contributed by atoms with Crippen LogP contribution in [0.4, 0.5) is 0 Å². The average molecular weight is 393 g/mol. The standard InChI is InChI=1S/C28H40O/c1-7-22-20(2)23(29-19-21-12-9-8-10-13-21)18-25-27(22,5)17-14-24-26(3,4)15-11-16-28(24,25)6/h7-10,12-13,23-25H,1,11,14-19H2,2-6H3/t23-,24+,25+,27+,28+/m1/s1. The predicted octanol–water partition coefficient (Wildman–Crippen LogP) is 7.73. The van der Waals surface area contributed by atoms with Crippen LogP contribution in [-0.2, 0) is 11.3 Å². The second-order valence-corrected chi connectivity index (χ2v) is 11.2. The van der Waals surface area contributed by atoms with Crippen LogP contribution < -0.4 is 0 Å². The zero-order valence-electron chi connectivity index (χ0n) is 19.3. The summed E-state index contributed by atoms with van der Waals surface area (Å²) in [5.74, 6) is 1.49. The first-order chi connectivity index (χ1) is 13.7. The molecule has 5 atom stereocenters. The van der Waals surface area contributed by atoms with Crippen molar-refractivity contribution in [3.05, 3.63) is 59.7 Å². The molecule has 2 fully saturated rings. The molecule has 0 unspecified atom stereocenters. The molecule has 0 saturated heterocycles. The Bertz CT molecular complexity index is 788. The maximum Gasteiger partial charge on any atom is 0.0795 e. The third kappa shape index (κ3) is 3.34. The largest absolute Gasteiger partial charge is 0.369 e. The number of rotatable bonds is 4. The van der Waals surface area contributed by atoms with Gasteiger partial charge in [-0.1, -0.05) is 77.1 Å². The van der Waals surface area contributed by atoms with Crippen LogP contribution in [-0.4, -0.2) is 6.10 Å². The molecule has 0 aromatic heterocycles. The van der Waals surface area contributed by atoms with E-state index in [9.17, 15) is 0 Å². The van der Waals surface area contributed by atoms with Gasteiger partial charge in [-0.25, -0.2) is 0 Å². The first-order valence-electron chi connectivity index (χ1n) is 11.7. The van der Waals surface area contributed by atoms with Gasteiger partial charge in [-0.2, -0.15) is 0 Å². The van der Waals surface area contributed by atoms with Gasteiger partial charge in [0.2, 0.25) is 0 Å². The lowest BCUT2D eigenvalue weighted by atomic mass is 9.40. The van der Waals surface area contributed by atoms with E-state index >= 15 is 0 Å². The van der Waals surface area contributed by atoms with Gasteiger partial charge < -0.3 is 4.74 Å². The lowest BCUT2D eigenvalue weighted by Crippen LogP contribution is -2.57. The van der Waals surface area contributed by atoms with Crippen molar-refractivity contribution >= 4 is 0 Å². The van der Waals surface area contributed by atoms with E-state index in [2.05, 4.69) is 77.6 Å². The minimum atomic E-state index is 0.210. The number of fused-ring (bicyclic) bond motifs is 3. The minimum Gasteiger partial charge on any atom is -0.369 e. The average Bonchev–Trinajstić information content (AvgIpc) is 2.67. The summed E-state index contributed by atoms with van der Waals surface area (Å²) in [6.07, 6.45) is 10.3. The molecule has 0 heterocycles. The van der Waals surface area contributed by atoms with Crippen molar-refractivity contribution in [1.82, 2.24) is 0 Å². The third-order valence-corrected chi connectivity index (χ3v) is 9.26. The Labute approximate surface area is 178 Å². The van der Waals surface area contributed by atoms with Crippen LogP contribution in [0.1, 0.15) is 78.7 Å². The molecule has 1 nitrogen and oxygen atoms in total. The van der Waals surface area contributed by atoms with Gasteiger partial charge in [0.05, 0.1) is 12.7 Å². The Morgan fingerprint density at radius 1 is 1.03 bits per heavy atom. The SMILES string of the molecule is C=CC1=C(C)[C@H](OCc2ccccc2)C[C@@H]2[C@@]3(C)CCCC(C)(C)[C@@H]3CC[C@@]12C. The van der Waals surface area contributed by atoms with Crippen molar-refractivity contribution in [2.24, 2.45) is 28.1 Å². The third-order valence-electron chi connectivity index (χ3n) is 9.26. The van der Waals surface area contributed by atoms with Gasteiger partial charge in [-0.15, -0.1) is 0 Å². The summed E-state index contributed by atoms with van der Waals surface area (Å²) in [7, 11) is 0. The molecular weight excluding hydrogens is 352 g/mol. The van der Waals surface area contributed by atoms with E-state index in [0.717, 1.165) is 12.3 Å². The van der Waals surface area contributed by atoms with E-state index in [1.54, 1.807) is 0 Å². The molecule has 29 heavy (non-hydrogen) atoms. The van der Waals surface area contributed by atoms with Crippen molar-refractivity contribution < 1.29 is 4.74 Å². The summed E-state index contributed by atoms with van der Waals surface area (Å²) in [6, 6.07) is 10.6. The van der Waals surface area contributed by atoms with Crippen LogP contribution in [0.15, 0.2) is 54.1 Å². The smallest absolute Gasteiger partial charge is 0.0795 e. The number of hydrogen-bond donors (Lipinski definition) is 0. The molecule has 3 aliphatic carbocycles. The fourth-order valence-corrected chi connectivity index (χ4v) is 7.87. The Kier molecular flexibility index (Phi) is 5.35. The Morgan fingerprint density at radius 2 is 1.76 bits per heavy atom. The predicted molar refractivity (Wildman–Crippen MR) is 123 cm³/mol. The maximum absolute atomic E-state index is 6.58. The van der Waals surface area contributed by atoms with Crippen molar-refractivity contribution in [3.63, 3.8) is 0 Å². The highest BCUT2D eigenvalue weighted by Crippen LogP contribution is 2.68. The van der Waals surface area contributed by atoms with E-state index in [-0.39, 0.29) is 11.5 Å². The molecule has 0 spiro atoms. The van der Waals surface area contributed by atoms with Gasteiger partial charge in [0.15, 0.2) is 0 Å². The molecule has 1 aromatic carbocycles. The summed E-state index contributed by atoms with van der Waals surface area (Å²) in [5.41, 5.74) is 5.27. The van der Waals surface area contributed by atoms with E-state index < -0.39 is 0 Å². The van der Waals surface area contributed by atoms with E-state index in [1.807, 2.05) is 0 Å². The van der Waals surface area contributed by atoms with Crippen LogP contribution >= 0.6 is 0 Å². The topological polar surface area (TPSA) is 9.23 Å².